The molecule has 0 aromatic rings. The van der Waals surface area contributed by atoms with Crippen molar-refractivity contribution in [3.8, 4) is 0 Å². The second-order valence-electron chi connectivity index (χ2n) is 4.53. The zero-order chi connectivity index (χ0) is 11.5. The Hall–Kier alpha value is -1.10. The number of nitrogens with one attached hydrogen (secondary N) is 1. The van der Waals surface area contributed by atoms with E-state index < -0.39 is 5.97 Å². The summed E-state index contributed by atoms with van der Waals surface area (Å²) in [6.07, 6.45) is 2.51. The molecule has 16 heavy (non-hydrogen) atoms. The molecule has 5 nitrogen and oxygen atoms in total. The van der Waals surface area contributed by atoms with Gasteiger partial charge in [0.25, 0.3) is 0 Å². The van der Waals surface area contributed by atoms with Crippen molar-refractivity contribution in [2.24, 2.45) is 11.8 Å². The van der Waals surface area contributed by atoms with E-state index in [-0.39, 0.29) is 23.8 Å². The normalized spacial score (nSPS) is 35.5. The summed E-state index contributed by atoms with van der Waals surface area (Å²) in [7, 11) is 0. The minimum Gasteiger partial charge on any atom is -0.481 e. The van der Waals surface area contributed by atoms with Gasteiger partial charge in [0, 0.05) is 6.54 Å². The van der Waals surface area contributed by atoms with Gasteiger partial charge in [-0.15, -0.1) is 0 Å². The molecule has 90 valence electrons. The smallest absolute Gasteiger partial charge is 0.306 e. The number of aliphatic carboxylic acids is 1. The van der Waals surface area contributed by atoms with Crippen LogP contribution in [-0.2, 0) is 14.3 Å². The van der Waals surface area contributed by atoms with Gasteiger partial charge in [-0.25, -0.2) is 0 Å². The van der Waals surface area contributed by atoms with Crippen molar-refractivity contribution in [3.63, 3.8) is 0 Å². The number of amides is 1. The predicted molar refractivity (Wildman–Crippen MR) is 55.8 cm³/mol. The largest absolute Gasteiger partial charge is 0.481 e. The van der Waals surface area contributed by atoms with E-state index in [0.717, 1.165) is 12.8 Å². The number of carboxylic acids is 1. The van der Waals surface area contributed by atoms with Gasteiger partial charge in [-0.2, -0.15) is 0 Å². The van der Waals surface area contributed by atoms with Gasteiger partial charge in [0.15, 0.2) is 0 Å². The van der Waals surface area contributed by atoms with Crippen molar-refractivity contribution in [3.05, 3.63) is 0 Å². The Morgan fingerprint density at radius 1 is 1.31 bits per heavy atom. The molecule has 2 rings (SSSR count). The van der Waals surface area contributed by atoms with Gasteiger partial charge in [0.05, 0.1) is 12.5 Å². The molecular formula is C11H17NO4. The van der Waals surface area contributed by atoms with E-state index in [1.54, 1.807) is 0 Å². The number of morpholine rings is 1. The van der Waals surface area contributed by atoms with Crippen molar-refractivity contribution >= 4 is 11.9 Å². The van der Waals surface area contributed by atoms with Crippen LogP contribution in [0.4, 0.5) is 0 Å². The Kier molecular flexibility index (Phi) is 3.43. The van der Waals surface area contributed by atoms with Crippen molar-refractivity contribution in [2.45, 2.75) is 31.8 Å². The first-order valence-electron chi connectivity index (χ1n) is 5.80. The van der Waals surface area contributed by atoms with E-state index in [2.05, 4.69) is 5.32 Å². The molecule has 1 aliphatic heterocycles. The van der Waals surface area contributed by atoms with Crippen molar-refractivity contribution in [1.29, 1.82) is 0 Å². The molecule has 1 saturated heterocycles. The Morgan fingerprint density at radius 2 is 2.00 bits per heavy atom. The van der Waals surface area contributed by atoms with Crippen molar-refractivity contribution in [1.82, 2.24) is 5.32 Å². The molecule has 1 atom stereocenters. The fourth-order valence-electron chi connectivity index (χ4n) is 2.56. The van der Waals surface area contributed by atoms with E-state index in [9.17, 15) is 9.59 Å². The molecule has 0 aromatic heterocycles. The van der Waals surface area contributed by atoms with Crippen LogP contribution in [0.5, 0.6) is 0 Å². The lowest BCUT2D eigenvalue weighted by atomic mass is 9.79. The maximum Gasteiger partial charge on any atom is 0.306 e. The number of carboxylic acid groups (broad SMARTS) is 1. The van der Waals surface area contributed by atoms with E-state index >= 15 is 0 Å². The minimum absolute atomic E-state index is 0.0370. The van der Waals surface area contributed by atoms with Crippen LogP contribution in [-0.4, -0.2) is 36.2 Å². The molecule has 2 aliphatic rings. The van der Waals surface area contributed by atoms with Crippen LogP contribution in [0.3, 0.4) is 0 Å². The lowest BCUT2D eigenvalue weighted by molar-refractivity contribution is -0.146. The predicted octanol–water partition coefficient (Wildman–Crippen LogP) is 0.392. The first-order valence-corrected chi connectivity index (χ1v) is 5.80. The fraction of sp³-hybridized carbons (Fsp3) is 0.818. The highest BCUT2D eigenvalue weighted by molar-refractivity contribution is 5.81. The van der Waals surface area contributed by atoms with Gasteiger partial charge in [-0.1, -0.05) is 0 Å². The van der Waals surface area contributed by atoms with Crippen molar-refractivity contribution < 1.29 is 19.4 Å². The average Bonchev–Trinajstić information content (AvgIpc) is 2.30. The number of rotatable bonds is 2. The highest BCUT2D eigenvalue weighted by Crippen LogP contribution is 2.32. The summed E-state index contributed by atoms with van der Waals surface area (Å²) in [5.74, 6) is -0.795. The first-order chi connectivity index (χ1) is 7.68. The molecule has 1 amide bonds. The fourth-order valence-corrected chi connectivity index (χ4v) is 2.56. The summed E-state index contributed by atoms with van der Waals surface area (Å²) in [5.41, 5.74) is 0. The molecule has 1 heterocycles. The number of hydrogen-bond donors (Lipinski definition) is 2. The molecule has 5 heteroatoms. The molecular weight excluding hydrogens is 210 g/mol. The number of carbonyl (C=O) groups is 2. The molecule has 1 unspecified atom stereocenters. The maximum atomic E-state index is 11.6. The van der Waals surface area contributed by atoms with Gasteiger partial charge in [0.2, 0.25) is 5.91 Å². The van der Waals surface area contributed by atoms with Crippen LogP contribution >= 0.6 is 0 Å². The van der Waals surface area contributed by atoms with Crippen LogP contribution in [0.2, 0.25) is 0 Å². The molecule has 0 spiro atoms. The Labute approximate surface area is 94.2 Å². The van der Waals surface area contributed by atoms with Crippen molar-refractivity contribution in [2.75, 3.05) is 13.2 Å². The third-order valence-electron chi connectivity index (χ3n) is 3.51. The summed E-state index contributed by atoms with van der Waals surface area (Å²) in [5, 5.41) is 11.7. The molecule has 1 aliphatic carbocycles. The number of hydrogen-bond acceptors (Lipinski definition) is 3. The summed E-state index contributed by atoms with van der Waals surface area (Å²) in [4.78, 5) is 22.3. The minimum atomic E-state index is -0.715. The van der Waals surface area contributed by atoms with Crippen LogP contribution < -0.4 is 5.32 Å². The highest BCUT2D eigenvalue weighted by Gasteiger charge is 2.35. The lowest BCUT2D eigenvalue weighted by Crippen LogP contribution is -2.48. The summed E-state index contributed by atoms with van der Waals surface area (Å²) < 4.78 is 5.47. The molecule has 0 bridgehead atoms. The Morgan fingerprint density at radius 3 is 2.56 bits per heavy atom. The van der Waals surface area contributed by atoms with E-state index in [1.165, 1.54) is 0 Å². The standard InChI is InChI=1S/C11H17NO4/c13-10-9(16-6-5-12-10)7-1-3-8(4-2-7)11(14)15/h7-9H,1-6H2,(H,12,13)(H,14,15)/t7-,8-,9?. The van der Waals surface area contributed by atoms with E-state index in [4.69, 9.17) is 9.84 Å². The molecule has 2 N–H and O–H groups in total. The third-order valence-corrected chi connectivity index (χ3v) is 3.51. The van der Waals surface area contributed by atoms with Crippen LogP contribution in [0.15, 0.2) is 0 Å². The number of ether oxygens (including phenoxy) is 1. The van der Waals surface area contributed by atoms with Gasteiger partial charge in [-0.3, -0.25) is 9.59 Å². The molecule has 0 radical (unpaired) electrons. The Bertz CT molecular complexity index is 284. The monoisotopic (exact) mass is 227 g/mol. The topological polar surface area (TPSA) is 75.6 Å². The summed E-state index contributed by atoms with van der Waals surface area (Å²) in [6, 6.07) is 0. The average molecular weight is 227 g/mol. The molecule has 1 saturated carbocycles. The van der Waals surface area contributed by atoms with E-state index in [0.29, 0.717) is 26.0 Å². The second-order valence-corrected chi connectivity index (χ2v) is 4.53. The van der Waals surface area contributed by atoms with Crippen LogP contribution in [0, 0.1) is 11.8 Å². The zero-order valence-corrected chi connectivity index (χ0v) is 9.15. The second kappa shape index (κ2) is 4.82. The number of carbonyl (C=O) groups excluding carboxylic acids is 1. The highest BCUT2D eigenvalue weighted by atomic mass is 16.5. The molecule has 0 aromatic carbocycles. The summed E-state index contributed by atoms with van der Waals surface area (Å²) in [6.45, 7) is 1.15. The van der Waals surface area contributed by atoms with Crippen LogP contribution in [0.1, 0.15) is 25.7 Å². The third kappa shape index (κ3) is 2.35. The van der Waals surface area contributed by atoms with E-state index in [1.807, 2.05) is 0 Å². The SMILES string of the molecule is O=C1NCCOC1[C@H]1CC[C@H](C(=O)O)CC1. The zero-order valence-electron chi connectivity index (χ0n) is 9.15. The lowest BCUT2D eigenvalue weighted by Gasteiger charge is -2.33. The van der Waals surface area contributed by atoms with Gasteiger partial charge >= 0.3 is 5.97 Å². The van der Waals surface area contributed by atoms with Gasteiger partial charge < -0.3 is 15.2 Å². The maximum absolute atomic E-state index is 11.6. The van der Waals surface area contributed by atoms with Gasteiger partial charge in [0.1, 0.15) is 6.10 Å². The molecule has 2 fully saturated rings. The first kappa shape index (κ1) is 11.4. The van der Waals surface area contributed by atoms with Crippen LogP contribution in [0.25, 0.3) is 0 Å². The van der Waals surface area contributed by atoms with Gasteiger partial charge in [-0.05, 0) is 31.6 Å². The quantitative estimate of drug-likeness (QED) is 0.715. The Balaban J connectivity index is 1.88. The summed E-state index contributed by atoms with van der Waals surface area (Å²) >= 11 is 0.